The van der Waals surface area contributed by atoms with E-state index < -0.39 is 58.7 Å². The lowest BCUT2D eigenvalue weighted by molar-refractivity contribution is -0.178. The fourth-order valence-corrected chi connectivity index (χ4v) is 8.04. The molecule has 6 rings (SSSR count). The molecule has 11 nitrogen and oxygen atoms in total. The first-order chi connectivity index (χ1) is 20.9. The second-order valence-electron chi connectivity index (χ2n) is 13.0. The molecule has 0 radical (unpaired) electrons. The molecule has 6 atom stereocenters. The number of benzene rings is 2. The number of nitrogens with one attached hydrogen (secondary N) is 1. The molecule has 234 valence electrons. The van der Waals surface area contributed by atoms with Crippen LogP contribution in [0.1, 0.15) is 40.7 Å². The standard InChI is InChI=1S/C33H40N4O7/c1-36(2)27-21-15-18-14-20-22(35-19-10-12-37(13-11-19)16-17-6-4-3-5-7-17)8-9-23(38)25(20)28(39)24(18)30(41)33(21,44)31(42)26(29(27)40)32(34)43/h3-9,18-19,21,26-27,29,35,38,40-41,44H,10-16H2,1-2H3,(H2,34,43)/t18-,21-,26?,27-,29?,33-/m0/s1. The average Bonchev–Trinajstić information content (AvgIpc) is 2.97. The number of hydrogen-bond donors (Lipinski definition) is 6. The van der Waals surface area contributed by atoms with Gasteiger partial charge in [0, 0.05) is 48.9 Å². The van der Waals surface area contributed by atoms with Gasteiger partial charge in [0.2, 0.25) is 5.91 Å². The van der Waals surface area contributed by atoms with Crippen LogP contribution < -0.4 is 11.1 Å². The number of amides is 1. The molecule has 0 spiro atoms. The van der Waals surface area contributed by atoms with Crippen LogP contribution >= 0.6 is 0 Å². The number of rotatable bonds is 6. The van der Waals surface area contributed by atoms with Crippen molar-refractivity contribution in [3.05, 3.63) is 70.5 Å². The van der Waals surface area contributed by atoms with Gasteiger partial charge in [-0.1, -0.05) is 30.3 Å². The zero-order chi connectivity index (χ0) is 31.5. The predicted octanol–water partition coefficient (Wildman–Crippen LogP) is 1.36. The largest absolute Gasteiger partial charge is 0.508 e. The normalized spacial score (nSPS) is 31.0. The number of phenolic OH excluding ortho intramolecular Hbond substituents is 1. The number of nitrogens with two attached hydrogens (primary N) is 1. The highest BCUT2D eigenvalue weighted by molar-refractivity contribution is 6.16. The number of aliphatic hydroxyl groups excluding tert-OH is 2. The molecular weight excluding hydrogens is 564 g/mol. The third kappa shape index (κ3) is 4.79. The number of carbonyl (C=O) groups is 3. The van der Waals surface area contributed by atoms with Gasteiger partial charge in [0.1, 0.15) is 17.4 Å². The molecule has 7 N–H and O–H groups in total. The third-order valence-electron chi connectivity index (χ3n) is 10.2. The van der Waals surface area contributed by atoms with Gasteiger partial charge >= 0.3 is 0 Å². The molecule has 2 unspecified atom stereocenters. The van der Waals surface area contributed by atoms with E-state index in [2.05, 4.69) is 22.3 Å². The number of phenols is 1. The van der Waals surface area contributed by atoms with Crippen molar-refractivity contribution < 1.29 is 34.8 Å². The first-order valence-corrected chi connectivity index (χ1v) is 15.2. The lowest BCUT2D eigenvalue weighted by Gasteiger charge is -2.53. The molecule has 2 aromatic rings. The van der Waals surface area contributed by atoms with Gasteiger partial charge in [-0.2, -0.15) is 0 Å². The number of allylic oxidation sites excluding steroid dienone is 1. The Morgan fingerprint density at radius 1 is 1.09 bits per heavy atom. The first kappa shape index (κ1) is 30.3. The van der Waals surface area contributed by atoms with Crippen molar-refractivity contribution >= 4 is 23.2 Å². The highest BCUT2D eigenvalue weighted by Crippen LogP contribution is 2.53. The quantitative estimate of drug-likeness (QED) is 0.209. The second-order valence-corrected chi connectivity index (χ2v) is 13.0. The number of anilines is 1. The molecule has 2 aromatic carbocycles. The topological polar surface area (TPSA) is 177 Å². The Morgan fingerprint density at radius 3 is 2.41 bits per heavy atom. The van der Waals surface area contributed by atoms with Gasteiger partial charge in [0.05, 0.1) is 11.7 Å². The summed E-state index contributed by atoms with van der Waals surface area (Å²) in [4.78, 5) is 43.7. The minimum Gasteiger partial charge on any atom is -0.508 e. The number of piperidine rings is 1. The third-order valence-corrected chi connectivity index (χ3v) is 10.2. The molecule has 44 heavy (non-hydrogen) atoms. The van der Waals surface area contributed by atoms with Crippen LogP contribution in [0.15, 0.2) is 53.8 Å². The van der Waals surface area contributed by atoms with Crippen LogP contribution in [0.3, 0.4) is 0 Å². The van der Waals surface area contributed by atoms with E-state index in [1.807, 2.05) is 18.2 Å². The smallest absolute Gasteiger partial charge is 0.230 e. The van der Waals surface area contributed by atoms with E-state index in [9.17, 15) is 34.8 Å². The van der Waals surface area contributed by atoms with Gasteiger partial charge in [-0.25, -0.2) is 0 Å². The van der Waals surface area contributed by atoms with Gasteiger partial charge in [0.25, 0.3) is 0 Å². The van der Waals surface area contributed by atoms with Crippen LogP contribution in [0.5, 0.6) is 5.75 Å². The van der Waals surface area contributed by atoms with Gasteiger partial charge in [-0.3, -0.25) is 19.3 Å². The van der Waals surface area contributed by atoms with Gasteiger partial charge < -0.3 is 36.4 Å². The molecule has 1 saturated carbocycles. The number of carbonyl (C=O) groups excluding carboxylic acids is 3. The van der Waals surface area contributed by atoms with Crippen molar-refractivity contribution in [2.24, 2.45) is 23.5 Å². The Kier molecular flexibility index (Phi) is 7.77. The molecule has 1 amide bonds. The van der Waals surface area contributed by atoms with Crippen LogP contribution in [0.25, 0.3) is 0 Å². The predicted molar refractivity (Wildman–Crippen MR) is 162 cm³/mol. The number of aromatic hydroxyl groups is 1. The molecule has 3 aliphatic carbocycles. The highest BCUT2D eigenvalue weighted by atomic mass is 16.3. The van der Waals surface area contributed by atoms with Crippen LogP contribution in [0.2, 0.25) is 0 Å². The van der Waals surface area contributed by atoms with E-state index in [1.165, 1.54) is 11.6 Å². The molecule has 0 aromatic heterocycles. The van der Waals surface area contributed by atoms with Crippen molar-refractivity contribution in [3.8, 4) is 5.75 Å². The van der Waals surface area contributed by atoms with E-state index in [1.54, 1.807) is 25.1 Å². The Labute approximate surface area is 256 Å². The summed E-state index contributed by atoms with van der Waals surface area (Å²) in [5.74, 6) is -7.38. The fourth-order valence-electron chi connectivity index (χ4n) is 8.04. The Bertz CT molecular complexity index is 1520. The van der Waals surface area contributed by atoms with Crippen molar-refractivity contribution in [1.29, 1.82) is 0 Å². The van der Waals surface area contributed by atoms with E-state index in [4.69, 9.17) is 5.73 Å². The van der Waals surface area contributed by atoms with E-state index in [0.29, 0.717) is 5.56 Å². The summed E-state index contributed by atoms with van der Waals surface area (Å²) in [6, 6.07) is 12.8. The zero-order valence-corrected chi connectivity index (χ0v) is 24.9. The van der Waals surface area contributed by atoms with Crippen molar-refractivity contribution in [3.63, 3.8) is 0 Å². The zero-order valence-electron chi connectivity index (χ0n) is 24.9. The Hall–Kier alpha value is -3.77. The number of Topliss-reactive ketones (excluding diaryl/α,β-unsaturated/α-hetero) is 2. The number of nitrogens with zero attached hydrogens (tertiary/aromatic N) is 2. The number of likely N-dealkylation sites (N-methyl/N-ethyl adjacent to an activating group) is 1. The van der Waals surface area contributed by atoms with Crippen molar-refractivity contribution in [2.45, 2.75) is 56.0 Å². The number of ketones is 2. The molecule has 4 aliphatic rings. The average molecular weight is 605 g/mol. The lowest BCUT2D eigenvalue weighted by atomic mass is 9.56. The first-order valence-electron chi connectivity index (χ1n) is 15.2. The van der Waals surface area contributed by atoms with E-state index in [0.717, 1.165) is 38.2 Å². The lowest BCUT2D eigenvalue weighted by Crippen LogP contribution is -2.71. The van der Waals surface area contributed by atoms with Crippen LogP contribution in [0.4, 0.5) is 5.69 Å². The molecule has 0 bridgehead atoms. The van der Waals surface area contributed by atoms with Gasteiger partial charge in [0.15, 0.2) is 17.2 Å². The van der Waals surface area contributed by atoms with Crippen molar-refractivity contribution in [1.82, 2.24) is 9.80 Å². The minimum atomic E-state index is -2.59. The SMILES string of the molecule is CN(C)[C@@H]1C(O)C(C(N)=O)C(=O)[C@@]2(O)C(O)=C3C(=O)c4c(O)ccc(NC5CCN(Cc6ccccc6)CC5)c4C[C@H]3C[C@@H]12. The molecule has 1 saturated heterocycles. The molecule has 1 heterocycles. The maximum absolute atomic E-state index is 14.0. The summed E-state index contributed by atoms with van der Waals surface area (Å²) in [5, 5.41) is 48.8. The van der Waals surface area contributed by atoms with Gasteiger partial charge in [-0.15, -0.1) is 0 Å². The molecular formula is C33H40N4O7. The van der Waals surface area contributed by atoms with Crippen molar-refractivity contribution in [2.75, 3.05) is 32.5 Å². The molecule has 1 aliphatic heterocycles. The highest BCUT2D eigenvalue weighted by Gasteiger charge is 2.66. The number of primary amides is 1. The summed E-state index contributed by atoms with van der Waals surface area (Å²) in [6.07, 6.45) is 0.639. The number of likely N-dealkylation sites (tertiary alicyclic amines) is 1. The number of hydrogen-bond acceptors (Lipinski definition) is 10. The van der Waals surface area contributed by atoms with Crippen LogP contribution in [0, 0.1) is 17.8 Å². The fraction of sp³-hybridized carbons (Fsp3) is 0.485. The minimum absolute atomic E-state index is 0.0234. The second kappa shape index (κ2) is 11.3. The number of fused-ring (bicyclic) bond motifs is 3. The summed E-state index contributed by atoms with van der Waals surface area (Å²) in [6.45, 7) is 2.70. The maximum Gasteiger partial charge on any atom is 0.230 e. The van der Waals surface area contributed by atoms with Gasteiger partial charge in [-0.05, 0) is 69.0 Å². The maximum atomic E-state index is 14.0. The summed E-state index contributed by atoms with van der Waals surface area (Å²) >= 11 is 0. The van der Waals surface area contributed by atoms with Crippen LogP contribution in [-0.2, 0) is 22.6 Å². The van der Waals surface area contributed by atoms with Crippen LogP contribution in [-0.4, -0.2) is 98.7 Å². The monoisotopic (exact) mass is 604 g/mol. The summed E-state index contributed by atoms with van der Waals surface area (Å²) in [5.41, 5.74) is 5.35. The summed E-state index contributed by atoms with van der Waals surface area (Å²) in [7, 11) is 3.29. The van der Waals surface area contributed by atoms with E-state index >= 15 is 0 Å². The molecule has 2 fully saturated rings. The number of aliphatic hydroxyl groups is 3. The Balaban J connectivity index is 1.30. The molecule has 11 heteroatoms. The van der Waals surface area contributed by atoms with E-state index in [-0.39, 0.29) is 35.8 Å². The summed E-state index contributed by atoms with van der Waals surface area (Å²) < 4.78 is 0. The Morgan fingerprint density at radius 2 is 1.77 bits per heavy atom.